The SMILES string of the molecule is O=C(NCC1CC(=O)N(c2ccc(F)cc2)C1)c1cccc([N+](=O)[O-])c1. The average Bonchev–Trinajstić information content (AvgIpc) is 3.01. The van der Waals surface area contributed by atoms with Gasteiger partial charge in [-0.15, -0.1) is 0 Å². The maximum Gasteiger partial charge on any atom is 0.270 e. The molecule has 0 saturated carbocycles. The Balaban J connectivity index is 1.59. The number of nitrogens with zero attached hydrogens (tertiary/aromatic N) is 2. The number of amides is 2. The molecule has 0 radical (unpaired) electrons. The molecular formula is C18H16FN3O4. The topological polar surface area (TPSA) is 92.6 Å². The van der Waals surface area contributed by atoms with E-state index in [9.17, 15) is 24.1 Å². The summed E-state index contributed by atoms with van der Waals surface area (Å²) in [7, 11) is 0. The number of anilines is 1. The van der Waals surface area contributed by atoms with Gasteiger partial charge < -0.3 is 10.2 Å². The van der Waals surface area contributed by atoms with Gasteiger partial charge in [0.2, 0.25) is 5.91 Å². The van der Waals surface area contributed by atoms with Crippen LogP contribution in [0.15, 0.2) is 48.5 Å². The van der Waals surface area contributed by atoms with Crippen LogP contribution in [0.4, 0.5) is 15.8 Å². The van der Waals surface area contributed by atoms with Crippen molar-refractivity contribution in [3.63, 3.8) is 0 Å². The van der Waals surface area contributed by atoms with Crippen LogP contribution in [0.5, 0.6) is 0 Å². The van der Waals surface area contributed by atoms with Crippen molar-refractivity contribution < 1.29 is 18.9 Å². The third-order valence-corrected chi connectivity index (χ3v) is 4.21. The number of halogens is 1. The molecule has 7 nitrogen and oxygen atoms in total. The monoisotopic (exact) mass is 357 g/mol. The summed E-state index contributed by atoms with van der Waals surface area (Å²) in [5, 5.41) is 13.5. The summed E-state index contributed by atoms with van der Waals surface area (Å²) in [5.41, 5.74) is 0.652. The molecule has 2 aromatic rings. The van der Waals surface area contributed by atoms with Crippen LogP contribution in [0.2, 0.25) is 0 Å². The normalized spacial score (nSPS) is 16.6. The van der Waals surface area contributed by atoms with Crippen molar-refractivity contribution in [2.24, 2.45) is 5.92 Å². The standard InChI is InChI=1S/C18H16FN3O4/c19-14-4-6-15(7-5-14)21-11-12(8-17(21)23)10-20-18(24)13-2-1-3-16(9-13)22(25)26/h1-7,9,12H,8,10-11H2,(H,20,24). The quantitative estimate of drug-likeness (QED) is 0.657. The van der Waals surface area contributed by atoms with Gasteiger partial charge in [-0.05, 0) is 30.3 Å². The molecular weight excluding hydrogens is 341 g/mol. The summed E-state index contributed by atoms with van der Waals surface area (Å²) >= 11 is 0. The molecule has 0 aromatic heterocycles. The number of nitro groups is 1. The highest BCUT2D eigenvalue weighted by atomic mass is 19.1. The number of benzene rings is 2. The van der Waals surface area contributed by atoms with E-state index in [0.29, 0.717) is 12.2 Å². The van der Waals surface area contributed by atoms with Gasteiger partial charge in [0.05, 0.1) is 4.92 Å². The van der Waals surface area contributed by atoms with Crippen LogP contribution in [0.3, 0.4) is 0 Å². The zero-order valence-corrected chi connectivity index (χ0v) is 13.7. The third kappa shape index (κ3) is 3.85. The molecule has 1 heterocycles. The average molecular weight is 357 g/mol. The van der Waals surface area contributed by atoms with Gasteiger partial charge in [0.25, 0.3) is 11.6 Å². The molecule has 2 aromatic carbocycles. The predicted octanol–water partition coefficient (Wildman–Crippen LogP) is 2.52. The van der Waals surface area contributed by atoms with E-state index >= 15 is 0 Å². The van der Waals surface area contributed by atoms with E-state index in [1.165, 1.54) is 48.5 Å². The van der Waals surface area contributed by atoms with Crippen molar-refractivity contribution >= 4 is 23.2 Å². The third-order valence-electron chi connectivity index (χ3n) is 4.21. The molecule has 1 N–H and O–H groups in total. The highest BCUT2D eigenvalue weighted by Gasteiger charge is 2.30. The number of carbonyl (C=O) groups excluding carboxylic acids is 2. The van der Waals surface area contributed by atoms with Gasteiger partial charge in [0.1, 0.15) is 5.82 Å². The molecule has 0 aliphatic carbocycles. The zero-order chi connectivity index (χ0) is 18.7. The van der Waals surface area contributed by atoms with Gasteiger partial charge >= 0.3 is 0 Å². The minimum absolute atomic E-state index is 0.0878. The molecule has 26 heavy (non-hydrogen) atoms. The van der Waals surface area contributed by atoms with Crippen molar-refractivity contribution in [3.8, 4) is 0 Å². The van der Waals surface area contributed by atoms with Crippen LogP contribution < -0.4 is 10.2 Å². The molecule has 1 saturated heterocycles. The summed E-state index contributed by atoms with van der Waals surface area (Å²) < 4.78 is 13.0. The van der Waals surface area contributed by atoms with Crippen LogP contribution in [0.1, 0.15) is 16.8 Å². The first kappa shape index (κ1) is 17.5. The van der Waals surface area contributed by atoms with E-state index in [2.05, 4.69) is 5.32 Å². The number of nitrogens with one attached hydrogen (secondary N) is 1. The molecule has 1 aliphatic heterocycles. The Kier molecular flexibility index (Phi) is 4.92. The molecule has 134 valence electrons. The number of carbonyl (C=O) groups is 2. The lowest BCUT2D eigenvalue weighted by Crippen LogP contribution is -2.31. The Hall–Kier alpha value is -3.29. The Morgan fingerprint density at radius 1 is 1.27 bits per heavy atom. The zero-order valence-electron chi connectivity index (χ0n) is 13.7. The fourth-order valence-electron chi connectivity index (χ4n) is 2.89. The lowest BCUT2D eigenvalue weighted by atomic mass is 10.1. The minimum atomic E-state index is -0.563. The summed E-state index contributed by atoms with van der Waals surface area (Å²) in [6.07, 6.45) is 0.270. The van der Waals surface area contributed by atoms with Crippen molar-refractivity contribution in [1.29, 1.82) is 0 Å². The maximum absolute atomic E-state index is 13.0. The van der Waals surface area contributed by atoms with E-state index in [1.54, 1.807) is 4.90 Å². The number of nitro benzene ring substituents is 1. The molecule has 1 unspecified atom stereocenters. The number of non-ortho nitro benzene ring substituents is 1. The Labute approximate surface area is 148 Å². The summed E-state index contributed by atoms with van der Waals surface area (Å²) in [6, 6.07) is 11.1. The summed E-state index contributed by atoms with van der Waals surface area (Å²) in [4.78, 5) is 36.1. The minimum Gasteiger partial charge on any atom is -0.352 e. The first-order chi connectivity index (χ1) is 12.4. The second kappa shape index (κ2) is 7.30. The Morgan fingerprint density at radius 2 is 2.00 bits per heavy atom. The van der Waals surface area contributed by atoms with Gasteiger partial charge in [0, 0.05) is 48.8 Å². The fourth-order valence-corrected chi connectivity index (χ4v) is 2.89. The maximum atomic E-state index is 13.0. The van der Waals surface area contributed by atoms with Gasteiger partial charge in [-0.2, -0.15) is 0 Å². The highest BCUT2D eigenvalue weighted by molar-refractivity contribution is 5.96. The Morgan fingerprint density at radius 3 is 2.69 bits per heavy atom. The lowest BCUT2D eigenvalue weighted by molar-refractivity contribution is -0.384. The van der Waals surface area contributed by atoms with E-state index in [1.807, 2.05) is 0 Å². The number of hydrogen-bond acceptors (Lipinski definition) is 4. The second-order valence-electron chi connectivity index (χ2n) is 6.07. The molecule has 8 heteroatoms. The van der Waals surface area contributed by atoms with Crippen molar-refractivity contribution in [3.05, 3.63) is 70.0 Å². The second-order valence-corrected chi connectivity index (χ2v) is 6.07. The Bertz CT molecular complexity index is 854. The highest BCUT2D eigenvalue weighted by Crippen LogP contribution is 2.25. The molecule has 0 bridgehead atoms. The van der Waals surface area contributed by atoms with Gasteiger partial charge in [-0.3, -0.25) is 19.7 Å². The van der Waals surface area contributed by atoms with Crippen molar-refractivity contribution in [2.45, 2.75) is 6.42 Å². The summed E-state index contributed by atoms with van der Waals surface area (Å²) in [5.74, 6) is -0.982. The summed E-state index contributed by atoms with van der Waals surface area (Å²) in [6.45, 7) is 0.685. The number of hydrogen-bond donors (Lipinski definition) is 1. The van der Waals surface area contributed by atoms with Crippen LogP contribution in [-0.4, -0.2) is 29.8 Å². The van der Waals surface area contributed by atoms with E-state index in [4.69, 9.17) is 0 Å². The fraction of sp³-hybridized carbons (Fsp3) is 0.222. The van der Waals surface area contributed by atoms with Gasteiger partial charge in [0.15, 0.2) is 0 Å². The largest absolute Gasteiger partial charge is 0.352 e. The van der Waals surface area contributed by atoms with E-state index < -0.39 is 10.8 Å². The molecule has 1 atom stereocenters. The van der Waals surface area contributed by atoms with Crippen LogP contribution in [-0.2, 0) is 4.79 Å². The smallest absolute Gasteiger partial charge is 0.270 e. The lowest BCUT2D eigenvalue weighted by Gasteiger charge is -2.17. The van der Waals surface area contributed by atoms with Gasteiger partial charge in [-0.1, -0.05) is 6.07 Å². The van der Waals surface area contributed by atoms with Crippen LogP contribution in [0.25, 0.3) is 0 Å². The molecule has 1 aliphatic rings. The molecule has 1 fully saturated rings. The van der Waals surface area contributed by atoms with E-state index in [0.717, 1.165) is 0 Å². The van der Waals surface area contributed by atoms with Crippen molar-refractivity contribution in [1.82, 2.24) is 5.32 Å². The van der Waals surface area contributed by atoms with Gasteiger partial charge in [-0.25, -0.2) is 4.39 Å². The first-order valence-electron chi connectivity index (χ1n) is 8.02. The van der Waals surface area contributed by atoms with E-state index in [-0.39, 0.29) is 41.9 Å². The van der Waals surface area contributed by atoms with Crippen LogP contribution in [0, 0.1) is 21.8 Å². The number of rotatable bonds is 5. The first-order valence-corrected chi connectivity index (χ1v) is 8.02. The molecule has 2 amide bonds. The molecule has 0 spiro atoms. The predicted molar refractivity (Wildman–Crippen MR) is 92.3 cm³/mol. The molecule has 3 rings (SSSR count). The van der Waals surface area contributed by atoms with Crippen LogP contribution >= 0.6 is 0 Å². The van der Waals surface area contributed by atoms with Crippen molar-refractivity contribution in [2.75, 3.05) is 18.0 Å².